The number of halogens is 2. The summed E-state index contributed by atoms with van der Waals surface area (Å²) in [5.41, 5.74) is 0. The molecule has 0 spiro atoms. The number of carbonyl (C=O) groups excluding carboxylic acids is 1. The van der Waals surface area contributed by atoms with Crippen molar-refractivity contribution in [3.8, 4) is 5.75 Å². The molecule has 98 valence electrons. The van der Waals surface area contributed by atoms with Crippen LogP contribution in [0.1, 0.15) is 19.3 Å². The Labute approximate surface area is 115 Å². The van der Waals surface area contributed by atoms with Gasteiger partial charge >= 0.3 is 6.09 Å². The highest BCUT2D eigenvalue weighted by Gasteiger charge is 2.20. The first-order valence-electron chi connectivity index (χ1n) is 5.72. The zero-order valence-corrected chi connectivity index (χ0v) is 11.3. The van der Waals surface area contributed by atoms with E-state index in [1.54, 1.807) is 4.90 Å². The molecule has 1 aromatic rings. The van der Waals surface area contributed by atoms with E-state index in [4.69, 9.17) is 16.3 Å². The zero-order chi connectivity index (χ0) is 13.1. The van der Waals surface area contributed by atoms with Crippen molar-refractivity contribution in [2.24, 2.45) is 0 Å². The average Bonchev–Trinajstić information content (AvgIpc) is 2.37. The van der Waals surface area contributed by atoms with E-state index in [1.165, 1.54) is 6.07 Å². The number of amides is 1. The summed E-state index contributed by atoms with van der Waals surface area (Å²) < 4.78 is 18.6. The third-order valence-electron chi connectivity index (χ3n) is 2.81. The van der Waals surface area contributed by atoms with Crippen LogP contribution in [0.3, 0.4) is 0 Å². The molecule has 1 amide bonds. The monoisotopic (exact) mass is 289 g/mol. The van der Waals surface area contributed by atoms with Gasteiger partial charge in [-0.25, -0.2) is 9.18 Å². The summed E-state index contributed by atoms with van der Waals surface area (Å²) in [6, 6.07) is 2.39. The van der Waals surface area contributed by atoms with Gasteiger partial charge in [-0.2, -0.15) is 0 Å². The Balaban J connectivity index is 2.08. The van der Waals surface area contributed by atoms with Gasteiger partial charge in [-0.05, 0) is 31.4 Å². The van der Waals surface area contributed by atoms with Crippen LogP contribution in [0, 0.1) is 5.82 Å². The van der Waals surface area contributed by atoms with Crippen LogP contribution in [0.5, 0.6) is 5.75 Å². The molecule has 2 rings (SSSR count). The van der Waals surface area contributed by atoms with E-state index in [1.807, 2.05) is 0 Å². The van der Waals surface area contributed by atoms with Crippen LogP contribution in [0.25, 0.3) is 0 Å². The van der Waals surface area contributed by atoms with Crippen molar-refractivity contribution < 1.29 is 13.9 Å². The molecular weight excluding hydrogens is 277 g/mol. The molecule has 0 aliphatic carbocycles. The average molecular weight is 290 g/mol. The Morgan fingerprint density at radius 3 is 2.67 bits per heavy atom. The number of thiol groups is 1. The summed E-state index contributed by atoms with van der Waals surface area (Å²) in [6.07, 6.45) is 2.50. The summed E-state index contributed by atoms with van der Waals surface area (Å²) in [5.74, 6) is -0.803. The van der Waals surface area contributed by atoms with E-state index in [-0.39, 0.29) is 10.8 Å². The van der Waals surface area contributed by atoms with Crippen LogP contribution < -0.4 is 4.74 Å². The molecular formula is C12H13ClFNO2S. The van der Waals surface area contributed by atoms with Crippen molar-refractivity contribution in [3.63, 3.8) is 0 Å². The van der Waals surface area contributed by atoms with Gasteiger partial charge in [0.05, 0.1) is 5.02 Å². The number of rotatable bonds is 1. The van der Waals surface area contributed by atoms with Crippen LogP contribution in [0.2, 0.25) is 5.02 Å². The third kappa shape index (κ3) is 3.09. The molecule has 1 aliphatic rings. The van der Waals surface area contributed by atoms with Gasteiger partial charge in [0.1, 0.15) is 0 Å². The van der Waals surface area contributed by atoms with Gasteiger partial charge in [-0.15, -0.1) is 12.6 Å². The minimum atomic E-state index is -0.664. The molecule has 0 aromatic heterocycles. The number of hydrogen-bond acceptors (Lipinski definition) is 3. The lowest BCUT2D eigenvalue weighted by Gasteiger charge is -2.25. The van der Waals surface area contributed by atoms with Crippen LogP contribution in [0.15, 0.2) is 17.0 Å². The lowest BCUT2D eigenvalue weighted by Crippen LogP contribution is -2.37. The first-order valence-corrected chi connectivity index (χ1v) is 6.55. The predicted octanol–water partition coefficient (Wildman–Crippen LogP) is 3.75. The Kier molecular flexibility index (Phi) is 4.35. The van der Waals surface area contributed by atoms with E-state index >= 15 is 0 Å². The molecule has 1 aromatic carbocycles. The fourth-order valence-corrected chi connectivity index (χ4v) is 2.16. The maximum absolute atomic E-state index is 13.5. The van der Waals surface area contributed by atoms with E-state index in [0.29, 0.717) is 18.0 Å². The summed E-state index contributed by atoms with van der Waals surface area (Å²) in [6.45, 7) is 1.31. The molecule has 1 saturated heterocycles. The molecule has 1 fully saturated rings. The van der Waals surface area contributed by atoms with Gasteiger partial charge in [-0.1, -0.05) is 11.6 Å². The summed E-state index contributed by atoms with van der Waals surface area (Å²) >= 11 is 9.76. The van der Waals surface area contributed by atoms with Gasteiger partial charge in [0.2, 0.25) is 0 Å². The number of carbonyl (C=O) groups is 1. The Morgan fingerprint density at radius 1 is 1.33 bits per heavy atom. The van der Waals surface area contributed by atoms with Gasteiger partial charge in [-0.3, -0.25) is 0 Å². The van der Waals surface area contributed by atoms with Crippen LogP contribution in [-0.2, 0) is 0 Å². The molecule has 0 saturated carbocycles. The minimum Gasteiger partial charge on any atom is -0.407 e. The topological polar surface area (TPSA) is 29.5 Å². The normalized spacial score (nSPS) is 15.6. The molecule has 0 bridgehead atoms. The van der Waals surface area contributed by atoms with Crippen LogP contribution in [-0.4, -0.2) is 24.1 Å². The van der Waals surface area contributed by atoms with Crippen molar-refractivity contribution in [2.45, 2.75) is 24.2 Å². The summed E-state index contributed by atoms with van der Waals surface area (Å²) in [5, 5.41) is 0.189. The largest absolute Gasteiger partial charge is 0.415 e. The highest BCUT2D eigenvalue weighted by molar-refractivity contribution is 7.80. The number of hydrogen-bond donors (Lipinski definition) is 1. The molecule has 18 heavy (non-hydrogen) atoms. The molecule has 3 nitrogen and oxygen atoms in total. The highest BCUT2D eigenvalue weighted by atomic mass is 35.5. The summed E-state index contributed by atoms with van der Waals surface area (Å²) in [4.78, 5) is 13.7. The maximum atomic E-state index is 13.5. The third-order valence-corrected chi connectivity index (χ3v) is 3.63. The SMILES string of the molecule is O=C(Oc1cc(S)c(Cl)cc1F)N1CCCCC1. The number of benzene rings is 1. The van der Waals surface area contributed by atoms with Crippen molar-refractivity contribution in [1.82, 2.24) is 4.90 Å². The fraction of sp³-hybridized carbons (Fsp3) is 0.417. The van der Waals surface area contributed by atoms with Crippen molar-refractivity contribution in [1.29, 1.82) is 0 Å². The number of likely N-dealkylation sites (tertiary alicyclic amines) is 1. The smallest absolute Gasteiger partial charge is 0.407 e. The maximum Gasteiger partial charge on any atom is 0.415 e. The summed E-state index contributed by atoms with van der Waals surface area (Å²) in [7, 11) is 0. The Hall–Kier alpha value is -0.940. The van der Waals surface area contributed by atoms with E-state index in [0.717, 1.165) is 25.3 Å². The Morgan fingerprint density at radius 2 is 2.00 bits per heavy atom. The van der Waals surface area contributed by atoms with Gasteiger partial charge < -0.3 is 9.64 Å². The predicted molar refractivity (Wildman–Crippen MR) is 70.1 cm³/mol. The highest BCUT2D eigenvalue weighted by Crippen LogP contribution is 2.28. The second-order valence-electron chi connectivity index (χ2n) is 4.15. The lowest BCUT2D eigenvalue weighted by molar-refractivity contribution is 0.141. The number of nitrogens with zero attached hydrogens (tertiary/aromatic N) is 1. The molecule has 0 atom stereocenters. The fourth-order valence-electron chi connectivity index (χ4n) is 1.83. The standard InChI is InChI=1S/C12H13ClFNO2S/c13-8-6-9(14)10(7-11(8)18)17-12(16)15-4-2-1-3-5-15/h6-7,18H,1-5H2. The van der Waals surface area contributed by atoms with Gasteiger partial charge in [0.25, 0.3) is 0 Å². The molecule has 6 heteroatoms. The van der Waals surface area contributed by atoms with Crippen molar-refractivity contribution in [2.75, 3.05) is 13.1 Å². The second kappa shape index (κ2) is 5.80. The molecule has 1 heterocycles. The first kappa shape index (κ1) is 13.5. The zero-order valence-electron chi connectivity index (χ0n) is 9.66. The quantitative estimate of drug-likeness (QED) is 0.798. The first-order chi connectivity index (χ1) is 8.58. The van der Waals surface area contributed by atoms with Crippen LogP contribution in [0.4, 0.5) is 9.18 Å². The number of piperidine rings is 1. The van der Waals surface area contributed by atoms with Gasteiger partial charge in [0.15, 0.2) is 11.6 Å². The molecule has 0 unspecified atom stereocenters. The Bertz CT molecular complexity index is 464. The van der Waals surface area contributed by atoms with E-state index < -0.39 is 11.9 Å². The lowest BCUT2D eigenvalue weighted by atomic mass is 10.1. The van der Waals surface area contributed by atoms with E-state index in [9.17, 15) is 9.18 Å². The van der Waals surface area contributed by atoms with Crippen LogP contribution >= 0.6 is 24.2 Å². The molecule has 0 N–H and O–H groups in total. The molecule has 0 radical (unpaired) electrons. The molecule has 1 aliphatic heterocycles. The van der Waals surface area contributed by atoms with E-state index in [2.05, 4.69) is 12.6 Å². The second-order valence-corrected chi connectivity index (χ2v) is 5.04. The van der Waals surface area contributed by atoms with Crippen molar-refractivity contribution >= 4 is 30.3 Å². The van der Waals surface area contributed by atoms with Gasteiger partial charge in [0, 0.05) is 18.0 Å². The van der Waals surface area contributed by atoms with Crippen molar-refractivity contribution in [3.05, 3.63) is 23.0 Å². The minimum absolute atomic E-state index is 0.139. The number of ether oxygens (including phenoxy) is 1.